The van der Waals surface area contributed by atoms with Crippen LogP contribution in [0.1, 0.15) is 12.8 Å². The van der Waals surface area contributed by atoms with E-state index in [-0.39, 0.29) is 0 Å². The Bertz CT molecular complexity index is 384. The minimum absolute atomic E-state index is 0.467. The topological polar surface area (TPSA) is 81.4 Å². The molecular weight excluding hydrogens is 274 g/mol. The maximum absolute atomic E-state index is 10.4. The lowest BCUT2D eigenvalue weighted by Crippen LogP contribution is -2.62. The number of hydrogen-bond donors (Lipinski definition) is 0. The summed E-state index contributed by atoms with van der Waals surface area (Å²) in [5.74, 6) is 0. The van der Waals surface area contributed by atoms with Gasteiger partial charge in [0.1, 0.15) is 13.1 Å². The van der Waals surface area contributed by atoms with E-state index in [0.717, 1.165) is 13.1 Å². The first-order valence-electron chi connectivity index (χ1n) is 4.74. The molecule has 0 unspecified atom stereocenters. The normalized spacial score (nSPS) is 22.4. The molecule has 1 saturated heterocycles. The van der Waals surface area contributed by atoms with Crippen molar-refractivity contribution < 1.29 is 28.5 Å². The Hall–Kier alpha value is -0.0200. The van der Waals surface area contributed by atoms with Crippen LogP contribution < -0.4 is 22.5 Å². The van der Waals surface area contributed by atoms with E-state index in [1.54, 1.807) is 22.7 Å². The van der Waals surface area contributed by atoms with E-state index in [0.29, 0.717) is 12.8 Å². The molecule has 0 radical (unpaired) electrons. The molecule has 8 heteroatoms. The minimum atomic E-state index is -4.29. The van der Waals surface area contributed by atoms with Gasteiger partial charge in [-0.15, -0.1) is 0 Å². The van der Waals surface area contributed by atoms with Crippen LogP contribution in [0.15, 0.2) is 10.8 Å². The summed E-state index contributed by atoms with van der Waals surface area (Å²) in [4.78, 5) is 0. The van der Waals surface area contributed by atoms with E-state index >= 15 is 0 Å². The lowest BCUT2D eigenvalue weighted by atomic mass is 10.1. The van der Waals surface area contributed by atoms with Gasteiger partial charge in [-0.3, -0.25) is 0 Å². The van der Waals surface area contributed by atoms with Gasteiger partial charge in [-0.25, -0.2) is 4.58 Å². The summed E-state index contributed by atoms with van der Waals surface area (Å²) < 4.78 is 39.0. The van der Waals surface area contributed by atoms with Crippen molar-refractivity contribution in [3.63, 3.8) is 0 Å². The third kappa shape index (κ3) is 3.49. The highest BCUT2D eigenvalue weighted by Gasteiger charge is 2.34. The summed E-state index contributed by atoms with van der Waals surface area (Å²) in [6.07, 6.45) is 0.670. The fourth-order valence-electron chi connectivity index (χ4n) is 1.63. The predicted octanol–water partition coefficient (Wildman–Crippen LogP) is -2.34. The molecule has 0 saturated carbocycles. The number of rotatable bonds is 2. The van der Waals surface area contributed by atoms with Crippen molar-refractivity contribution in [1.82, 2.24) is 4.58 Å². The summed E-state index contributed by atoms with van der Waals surface area (Å²) in [5.41, 5.74) is 0. The second kappa shape index (κ2) is 5.09. The summed E-state index contributed by atoms with van der Waals surface area (Å²) in [6.45, 7) is 1.46. The zero-order valence-electron chi connectivity index (χ0n) is 8.34. The first-order valence-corrected chi connectivity index (χ1v) is 7.73. The van der Waals surface area contributed by atoms with E-state index in [4.69, 9.17) is 0 Å². The monoisotopic (exact) mass is 284 g/mol. The third-order valence-corrected chi connectivity index (χ3v) is 5.01. The zero-order chi connectivity index (χ0) is 11.6. The molecule has 1 aromatic heterocycles. The summed E-state index contributed by atoms with van der Waals surface area (Å²) in [6, 6.07) is 0. The number of piperidine rings is 1. The second-order valence-electron chi connectivity index (χ2n) is 3.43. The van der Waals surface area contributed by atoms with Gasteiger partial charge in [0.15, 0.2) is 0 Å². The average Bonchev–Trinajstić information content (AvgIpc) is 2.69. The quantitative estimate of drug-likeness (QED) is 0.570. The summed E-state index contributed by atoms with van der Waals surface area (Å²) in [7, 11) is -4.29. The van der Waals surface area contributed by atoms with Gasteiger partial charge in [-0.1, -0.05) is 22.7 Å². The molecule has 0 spiro atoms. The van der Waals surface area contributed by atoms with Crippen LogP contribution in [0.3, 0.4) is 0 Å². The first kappa shape index (κ1) is 12.4. The van der Waals surface area contributed by atoms with Crippen molar-refractivity contribution in [1.29, 1.82) is 0 Å². The average molecular weight is 285 g/mol. The minimum Gasteiger partial charge on any atom is -0.212 e. The predicted molar refractivity (Wildman–Crippen MR) is 51.3 cm³/mol. The standard InChI is InChI=1S/C8H11ClNO4S2/c11-9(12,13)14-7-1-3-10(4-2-7)8-15-5-6-16-8/h5-7H,1-4H2/q+1. The Labute approximate surface area is 103 Å². The van der Waals surface area contributed by atoms with Crippen molar-refractivity contribution in [3.8, 4) is 0 Å². The molecule has 0 atom stereocenters. The third-order valence-electron chi connectivity index (χ3n) is 2.33. The van der Waals surface area contributed by atoms with Crippen LogP contribution in [-0.2, 0) is 4.29 Å². The largest absolute Gasteiger partial charge is 0.313 e. The van der Waals surface area contributed by atoms with E-state index in [2.05, 4.69) is 8.86 Å². The highest BCUT2D eigenvalue weighted by Crippen LogP contribution is 2.12. The lowest BCUT2D eigenvalue weighted by Gasteiger charge is -2.20. The van der Waals surface area contributed by atoms with Crippen molar-refractivity contribution in [2.24, 2.45) is 0 Å². The van der Waals surface area contributed by atoms with Crippen LogP contribution in [0, 0.1) is 10.2 Å². The second-order valence-corrected chi connectivity index (χ2v) is 6.41. The maximum Gasteiger partial charge on any atom is 0.313 e. The van der Waals surface area contributed by atoms with E-state index in [1.807, 2.05) is 10.8 Å². The summed E-state index contributed by atoms with van der Waals surface area (Å²) in [5, 5.41) is 4.03. The lowest BCUT2D eigenvalue weighted by molar-refractivity contribution is -1.92. The van der Waals surface area contributed by atoms with Gasteiger partial charge in [0.05, 0.1) is 14.5 Å². The Balaban J connectivity index is 1.96. The van der Waals surface area contributed by atoms with E-state index in [1.165, 1.54) is 3.98 Å². The van der Waals surface area contributed by atoms with Crippen LogP contribution >= 0.6 is 22.7 Å². The van der Waals surface area contributed by atoms with Gasteiger partial charge in [-0.05, 0) is 0 Å². The van der Waals surface area contributed by atoms with Crippen LogP contribution in [0.25, 0.3) is 0 Å². The van der Waals surface area contributed by atoms with Gasteiger partial charge >= 0.3 is 3.98 Å². The van der Waals surface area contributed by atoms with Gasteiger partial charge in [0, 0.05) is 23.6 Å². The molecule has 16 heavy (non-hydrogen) atoms. The molecular formula is C8H11ClNO4S2+. The van der Waals surface area contributed by atoms with Crippen LogP contribution in [0.2, 0.25) is 0 Å². The molecule has 0 N–H and O–H groups in total. The summed E-state index contributed by atoms with van der Waals surface area (Å²) >= 11 is 3.33. The molecule has 1 fully saturated rings. The van der Waals surface area contributed by atoms with Crippen LogP contribution in [0.5, 0.6) is 0 Å². The van der Waals surface area contributed by atoms with Crippen molar-refractivity contribution in [2.45, 2.75) is 18.9 Å². The van der Waals surface area contributed by atoms with Crippen LogP contribution in [0.4, 0.5) is 0 Å². The Morgan fingerprint density at radius 2 is 1.75 bits per heavy atom. The molecule has 1 aromatic rings. The molecule has 5 nitrogen and oxygen atoms in total. The van der Waals surface area contributed by atoms with Crippen LogP contribution in [-0.4, -0.2) is 19.2 Å². The number of halogens is 1. The van der Waals surface area contributed by atoms with Gasteiger partial charge in [0.25, 0.3) is 0 Å². The SMILES string of the molecule is [O-][Cl+3]([O-])([O-])OC1CC[N+](=c2sccs2)CC1. The van der Waals surface area contributed by atoms with E-state index < -0.39 is 16.3 Å². The fraction of sp³-hybridized carbons (Fsp3) is 0.625. The van der Waals surface area contributed by atoms with Crippen molar-refractivity contribution in [2.75, 3.05) is 13.1 Å². The van der Waals surface area contributed by atoms with Gasteiger partial charge < -0.3 is 0 Å². The number of nitrogens with zero attached hydrogens (tertiary/aromatic N) is 1. The molecule has 2 heterocycles. The molecule has 2 rings (SSSR count). The molecule has 0 aliphatic carbocycles. The van der Waals surface area contributed by atoms with Crippen molar-refractivity contribution in [3.05, 3.63) is 14.7 Å². The zero-order valence-corrected chi connectivity index (χ0v) is 10.7. The van der Waals surface area contributed by atoms with Gasteiger partial charge in [0.2, 0.25) is 6.10 Å². The fourth-order valence-corrected chi connectivity index (χ4v) is 4.01. The number of hydrogen-bond acceptors (Lipinski definition) is 6. The van der Waals surface area contributed by atoms with Crippen molar-refractivity contribution >= 4 is 22.7 Å². The Morgan fingerprint density at radius 1 is 1.19 bits per heavy atom. The molecule has 0 bridgehead atoms. The smallest absolute Gasteiger partial charge is 0.212 e. The highest BCUT2D eigenvalue weighted by molar-refractivity contribution is 7.24. The highest BCUT2D eigenvalue weighted by atomic mass is 35.7. The maximum atomic E-state index is 10.4. The van der Waals surface area contributed by atoms with E-state index in [9.17, 15) is 14.0 Å². The molecule has 1 aliphatic heterocycles. The Kier molecular flexibility index (Phi) is 3.96. The molecule has 1 aliphatic rings. The van der Waals surface area contributed by atoms with Gasteiger partial charge in [-0.2, -0.15) is 14.0 Å². The molecule has 90 valence electrons. The molecule has 0 aromatic carbocycles. The first-order chi connectivity index (χ1) is 7.54. The Morgan fingerprint density at radius 3 is 2.25 bits per heavy atom. The molecule has 0 amide bonds.